The van der Waals surface area contributed by atoms with E-state index in [0.717, 1.165) is 0 Å². The number of imidazole rings is 1. The van der Waals surface area contributed by atoms with E-state index in [9.17, 15) is 24.3 Å². The molecule has 1 atom stereocenters. The highest BCUT2D eigenvalue weighted by molar-refractivity contribution is 6.30. The molecule has 40 heavy (non-hydrogen) atoms. The van der Waals surface area contributed by atoms with Gasteiger partial charge >= 0.3 is 5.97 Å². The third-order valence-electron chi connectivity index (χ3n) is 6.46. The van der Waals surface area contributed by atoms with E-state index in [4.69, 9.17) is 16.3 Å². The molecule has 208 valence electrons. The van der Waals surface area contributed by atoms with Crippen LogP contribution in [0.4, 0.5) is 0 Å². The molecule has 0 aliphatic heterocycles. The number of methoxy groups -OCH3 is 1. The molecule has 0 unspecified atom stereocenters. The number of aromatic nitrogens is 3. The molecule has 0 fully saturated rings. The van der Waals surface area contributed by atoms with Crippen LogP contribution in [0.3, 0.4) is 0 Å². The molecule has 11 nitrogen and oxygen atoms in total. The molecule has 2 aromatic carbocycles. The Balaban J connectivity index is 1.45. The highest BCUT2D eigenvalue weighted by atomic mass is 35.5. The number of carboxylic acids is 1. The van der Waals surface area contributed by atoms with Gasteiger partial charge in [-0.05, 0) is 55.0 Å². The molecule has 12 heteroatoms. The fraction of sp³-hybridized carbons (Fsp3) is 0.250. The van der Waals surface area contributed by atoms with Crippen LogP contribution in [-0.4, -0.2) is 63.0 Å². The van der Waals surface area contributed by atoms with Crippen LogP contribution in [0.1, 0.15) is 33.7 Å². The van der Waals surface area contributed by atoms with Gasteiger partial charge in [-0.15, -0.1) is 0 Å². The van der Waals surface area contributed by atoms with Crippen LogP contribution in [0.25, 0.3) is 10.9 Å². The zero-order valence-corrected chi connectivity index (χ0v) is 22.6. The summed E-state index contributed by atoms with van der Waals surface area (Å²) in [5, 5.41) is 15.8. The summed E-state index contributed by atoms with van der Waals surface area (Å²) in [5.41, 5.74) is 2.87. The molecule has 2 heterocycles. The Morgan fingerprint density at radius 2 is 1.88 bits per heavy atom. The molecule has 0 bridgehead atoms. The molecule has 0 aliphatic carbocycles. The van der Waals surface area contributed by atoms with Crippen LogP contribution < -0.4 is 15.4 Å². The van der Waals surface area contributed by atoms with Crippen molar-refractivity contribution in [2.75, 3.05) is 13.7 Å². The van der Waals surface area contributed by atoms with Crippen LogP contribution in [0, 0.1) is 6.92 Å². The van der Waals surface area contributed by atoms with E-state index in [1.807, 2.05) is 0 Å². The Kier molecular flexibility index (Phi) is 8.85. The quantitative estimate of drug-likeness (QED) is 0.218. The maximum Gasteiger partial charge on any atom is 0.326 e. The number of fused-ring (bicyclic) bond motifs is 1. The maximum atomic E-state index is 13.4. The molecule has 0 saturated carbocycles. The second kappa shape index (κ2) is 12.5. The number of carbonyl (C=O) groups is 4. The zero-order chi connectivity index (χ0) is 28.8. The van der Waals surface area contributed by atoms with E-state index < -0.39 is 17.9 Å². The number of hydrogen-bond donors (Lipinski definition) is 4. The number of benzene rings is 2. The van der Waals surface area contributed by atoms with Gasteiger partial charge < -0.3 is 25.5 Å². The third kappa shape index (κ3) is 6.49. The third-order valence-corrected chi connectivity index (χ3v) is 6.71. The highest BCUT2D eigenvalue weighted by Crippen LogP contribution is 2.31. The van der Waals surface area contributed by atoms with Gasteiger partial charge in [-0.1, -0.05) is 11.6 Å². The molecule has 4 N–H and O–H groups in total. The van der Waals surface area contributed by atoms with Gasteiger partial charge in [-0.3, -0.25) is 19.0 Å². The van der Waals surface area contributed by atoms with Gasteiger partial charge in [-0.25, -0.2) is 9.78 Å². The molecule has 2 amide bonds. The normalized spacial score (nSPS) is 11.7. The predicted molar refractivity (Wildman–Crippen MR) is 148 cm³/mol. The largest absolute Gasteiger partial charge is 0.497 e. The molecule has 0 saturated heterocycles. The van der Waals surface area contributed by atoms with Gasteiger partial charge in [0.15, 0.2) is 0 Å². The van der Waals surface area contributed by atoms with Gasteiger partial charge in [0.05, 0.1) is 25.4 Å². The van der Waals surface area contributed by atoms with Crippen LogP contribution in [0.15, 0.2) is 55.0 Å². The number of rotatable bonds is 11. The number of hydrogen-bond acceptors (Lipinski definition) is 6. The summed E-state index contributed by atoms with van der Waals surface area (Å²) in [6, 6.07) is 10.7. The number of carboxylic acid groups (broad SMARTS) is 1. The van der Waals surface area contributed by atoms with Gasteiger partial charge in [0, 0.05) is 52.9 Å². The fourth-order valence-electron chi connectivity index (χ4n) is 4.42. The van der Waals surface area contributed by atoms with Crippen molar-refractivity contribution in [1.29, 1.82) is 0 Å². The lowest BCUT2D eigenvalue weighted by atomic mass is 10.1. The van der Waals surface area contributed by atoms with E-state index in [2.05, 4.69) is 20.6 Å². The van der Waals surface area contributed by atoms with Crippen molar-refractivity contribution in [3.05, 3.63) is 82.5 Å². The summed E-state index contributed by atoms with van der Waals surface area (Å²) in [5.74, 6) is -1.74. The minimum atomic E-state index is -1.18. The first-order valence-corrected chi connectivity index (χ1v) is 12.8. The molecule has 4 aromatic rings. The van der Waals surface area contributed by atoms with E-state index in [1.165, 1.54) is 19.6 Å². The number of aliphatic carboxylic acids is 1. The minimum absolute atomic E-state index is 0.00573. The molecule has 0 aliphatic rings. The Labute approximate surface area is 234 Å². The van der Waals surface area contributed by atoms with E-state index in [-0.39, 0.29) is 37.6 Å². The first-order chi connectivity index (χ1) is 19.2. The van der Waals surface area contributed by atoms with Crippen LogP contribution >= 0.6 is 11.6 Å². The molecule has 4 rings (SSSR count). The zero-order valence-electron chi connectivity index (χ0n) is 21.9. The number of amides is 2. The lowest BCUT2D eigenvalue weighted by Gasteiger charge is -2.14. The highest BCUT2D eigenvalue weighted by Gasteiger charge is 2.23. The van der Waals surface area contributed by atoms with E-state index in [1.54, 1.807) is 54.0 Å². The average Bonchev–Trinajstić information content (AvgIpc) is 3.54. The smallest absolute Gasteiger partial charge is 0.326 e. The maximum absolute atomic E-state index is 13.4. The SMILES string of the molecule is COc1ccc2c(c1)c(CC(=O)NCCC(=O)N[C@@H](Cc1cnc[nH]1)C(=O)O)c(C)n2C(=O)c1ccc(Cl)cc1. The summed E-state index contributed by atoms with van der Waals surface area (Å²) in [6.07, 6.45) is 2.81. The van der Waals surface area contributed by atoms with Crippen LogP contribution in [0.2, 0.25) is 5.02 Å². The van der Waals surface area contributed by atoms with Crippen molar-refractivity contribution in [3.63, 3.8) is 0 Å². The topological polar surface area (TPSA) is 155 Å². The average molecular weight is 566 g/mol. The summed E-state index contributed by atoms with van der Waals surface area (Å²) in [7, 11) is 1.53. The number of nitrogens with zero attached hydrogens (tertiary/aromatic N) is 2. The number of aromatic amines is 1. The minimum Gasteiger partial charge on any atom is -0.497 e. The number of ether oxygens (including phenoxy) is 1. The van der Waals surface area contributed by atoms with Crippen molar-refractivity contribution >= 4 is 46.2 Å². The van der Waals surface area contributed by atoms with Crippen molar-refractivity contribution in [1.82, 2.24) is 25.2 Å². The number of H-pyrrole nitrogens is 1. The lowest BCUT2D eigenvalue weighted by Crippen LogP contribution is -2.43. The predicted octanol–water partition coefficient (Wildman–Crippen LogP) is 2.88. The first-order valence-electron chi connectivity index (χ1n) is 12.4. The molecule has 0 radical (unpaired) electrons. The van der Waals surface area contributed by atoms with Crippen LogP contribution in [-0.2, 0) is 27.2 Å². The monoisotopic (exact) mass is 565 g/mol. The number of nitrogens with one attached hydrogen (secondary N) is 3. The van der Waals surface area contributed by atoms with Crippen molar-refractivity contribution < 1.29 is 29.0 Å². The lowest BCUT2D eigenvalue weighted by molar-refractivity contribution is -0.141. The second-order valence-electron chi connectivity index (χ2n) is 9.11. The van der Waals surface area contributed by atoms with E-state index in [0.29, 0.717) is 44.2 Å². The Bertz CT molecular complexity index is 1550. The molecular weight excluding hydrogens is 538 g/mol. The number of carbonyl (C=O) groups excluding carboxylic acids is 3. The van der Waals surface area contributed by atoms with Crippen LogP contribution in [0.5, 0.6) is 5.75 Å². The fourth-order valence-corrected chi connectivity index (χ4v) is 4.54. The van der Waals surface area contributed by atoms with Gasteiger partial charge in [-0.2, -0.15) is 0 Å². The Hall–Kier alpha value is -4.64. The molecule has 2 aromatic heterocycles. The van der Waals surface area contributed by atoms with Crippen molar-refractivity contribution in [2.24, 2.45) is 0 Å². The van der Waals surface area contributed by atoms with Gasteiger partial charge in [0.2, 0.25) is 11.8 Å². The Morgan fingerprint density at radius 1 is 1.12 bits per heavy atom. The summed E-state index contributed by atoms with van der Waals surface area (Å²) in [6.45, 7) is 1.77. The second-order valence-corrected chi connectivity index (χ2v) is 9.55. The summed E-state index contributed by atoms with van der Waals surface area (Å²) in [4.78, 5) is 56.8. The Morgan fingerprint density at radius 3 is 2.52 bits per heavy atom. The standard InChI is InChI=1S/C28H28ClN5O6/c1-16-21(13-26(36)31-10-9-25(35)33-23(28(38)39)11-19-14-30-15-32-19)22-12-20(40-2)7-8-24(22)34(16)27(37)17-3-5-18(29)6-4-17/h3-8,12,14-15,23H,9-11,13H2,1-2H3,(H,30,32)(H,31,36)(H,33,35)(H,38,39)/t23-/m0/s1. The van der Waals surface area contributed by atoms with Crippen molar-refractivity contribution in [3.8, 4) is 5.75 Å². The summed E-state index contributed by atoms with van der Waals surface area (Å²) >= 11 is 5.98. The molecule has 0 spiro atoms. The van der Waals surface area contributed by atoms with Gasteiger partial charge in [0.25, 0.3) is 5.91 Å². The number of halogens is 1. The van der Waals surface area contributed by atoms with Crippen molar-refractivity contribution in [2.45, 2.75) is 32.2 Å². The van der Waals surface area contributed by atoms with E-state index >= 15 is 0 Å². The first kappa shape index (κ1) is 28.4. The summed E-state index contributed by atoms with van der Waals surface area (Å²) < 4.78 is 6.92. The molecular formula is C28H28ClN5O6. The van der Waals surface area contributed by atoms with Gasteiger partial charge in [0.1, 0.15) is 11.8 Å².